The monoisotopic (exact) mass is 287 g/mol. The highest BCUT2D eigenvalue weighted by Crippen LogP contribution is 2.36. The van der Waals surface area contributed by atoms with E-state index < -0.39 is 17.2 Å². The van der Waals surface area contributed by atoms with Crippen LogP contribution in [0.1, 0.15) is 39.2 Å². The van der Waals surface area contributed by atoms with Crippen molar-refractivity contribution in [1.29, 1.82) is 0 Å². The maximum absolute atomic E-state index is 10.6. The van der Waals surface area contributed by atoms with Gasteiger partial charge in [0, 0.05) is 6.21 Å². The Morgan fingerprint density at radius 1 is 1.38 bits per heavy atom. The number of allylic oxidation sites excluding steroid dienone is 1. The third-order valence-corrected chi connectivity index (χ3v) is 3.78. The van der Waals surface area contributed by atoms with Gasteiger partial charge in [-0.2, -0.15) is 0 Å². The number of nitrogens with zero attached hydrogens (tertiary/aromatic N) is 1. The van der Waals surface area contributed by atoms with E-state index in [9.17, 15) is 5.11 Å². The fourth-order valence-corrected chi connectivity index (χ4v) is 2.95. The van der Waals surface area contributed by atoms with E-state index in [4.69, 9.17) is 4.74 Å². The summed E-state index contributed by atoms with van der Waals surface area (Å²) >= 11 is 0. The van der Waals surface area contributed by atoms with Gasteiger partial charge in [-0.25, -0.2) is 0 Å². The van der Waals surface area contributed by atoms with Crippen molar-refractivity contribution < 1.29 is 9.84 Å². The van der Waals surface area contributed by atoms with Crippen LogP contribution in [-0.4, -0.2) is 28.6 Å². The summed E-state index contributed by atoms with van der Waals surface area (Å²) in [5, 5.41) is 10.6. The quantitative estimate of drug-likeness (QED) is 0.867. The van der Waals surface area contributed by atoms with Gasteiger partial charge < -0.3 is 9.84 Å². The lowest BCUT2D eigenvalue weighted by Gasteiger charge is -2.40. The third kappa shape index (κ3) is 3.53. The third-order valence-electron chi connectivity index (χ3n) is 3.78. The van der Waals surface area contributed by atoms with Crippen LogP contribution in [0.25, 0.3) is 0 Å². The summed E-state index contributed by atoms with van der Waals surface area (Å²) in [6, 6.07) is 7.91. The highest BCUT2D eigenvalue weighted by molar-refractivity contribution is 5.75. The molecule has 21 heavy (non-hydrogen) atoms. The normalized spacial score (nSPS) is 22.5. The molecule has 0 saturated carbocycles. The van der Waals surface area contributed by atoms with Gasteiger partial charge in [0.2, 0.25) is 0 Å². The highest BCUT2D eigenvalue weighted by atomic mass is 16.5. The van der Waals surface area contributed by atoms with E-state index in [2.05, 4.69) is 18.0 Å². The van der Waals surface area contributed by atoms with Gasteiger partial charge in [-0.3, -0.25) is 4.99 Å². The zero-order chi connectivity index (χ0) is 15.5. The van der Waals surface area contributed by atoms with E-state index in [0.29, 0.717) is 0 Å². The van der Waals surface area contributed by atoms with Crippen molar-refractivity contribution in [2.24, 2.45) is 4.99 Å². The minimum absolute atomic E-state index is 0.429. The number of benzene rings is 1. The van der Waals surface area contributed by atoms with Crippen LogP contribution in [0.4, 0.5) is 0 Å². The highest BCUT2D eigenvalue weighted by Gasteiger charge is 2.46. The molecule has 0 aromatic heterocycles. The second kappa shape index (κ2) is 6.02. The molecule has 114 valence electrons. The summed E-state index contributed by atoms with van der Waals surface area (Å²) in [4.78, 5) is 4.62. The molecule has 0 spiro atoms. The molecule has 3 heteroatoms. The van der Waals surface area contributed by atoms with Gasteiger partial charge in [0.05, 0.1) is 5.60 Å². The Morgan fingerprint density at radius 3 is 2.67 bits per heavy atom. The van der Waals surface area contributed by atoms with Crippen LogP contribution in [0.2, 0.25) is 0 Å². The largest absolute Gasteiger partial charge is 0.485 e. The zero-order valence-corrected chi connectivity index (χ0v) is 13.3. The van der Waals surface area contributed by atoms with Crippen LogP contribution in [0, 0.1) is 6.92 Å². The first-order chi connectivity index (χ1) is 9.87. The van der Waals surface area contributed by atoms with E-state index in [1.165, 1.54) is 0 Å². The molecule has 2 rings (SSSR count). The van der Waals surface area contributed by atoms with Crippen LogP contribution >= 0.6 is 0 Å². The molecule has 1 N–H and O–H groups in total. The van der Waals surface area contributed by atoms with Gasteiger partial charge in [-0.1, -0.05) is 31.6 Å². The molecular formula is C18H25NO2. The second-order valence-electron chi connectivity index (χ2n) is 6.35. The number of ether oxygens (including phenoxy) is 1. The number of aliphatic hydroxyl groups is 1. The van der Waals surface area contributed by atoms with E-state index >= 15 is 0 Å². The van der Waals surface area contributed by atoms with E-state index in [1.54, 1.807) is 20.1 Å². The molecule has 2 unspecified atom stereocenters. The Labute approximate surface area is 127 Å². The van der Waals surface area contributed by atoms with Crippen LogP contribution in [0.5, 0.6) is 5.75 Å². The fraction of sp³-hybridized carbons (Fsp3) is 0.500. The van der Waals surface area contributed by atoms with E-state index in [1.807, 2.05) is 37.3 Å². The molecule has 1 aromatic carbocycles. The standard InChI is InChI=1S/C18H25NO2/c1-5-10-18(11-7-12-19-18)16(17(3,4)20)21-15-9-6-8-14(2)13-15/h6-9,11-13,16,20H,5,10H2,1-4H3. The lowest BCUT2D eigenvalue weighted by molar-refractivity contribution is -0.0610. The number of aryl methyl sites for hydroxylation is 1. The molecule has 0 saturated heterocycles. The number of aliphatic imine (C=N–C) groups is 1. The topological polar surface area (TPSA) is 41.8 Å². The molecule has 2 atom stereocenters. The first kappa shape index (κ1) is 15.8. The maximum Gasteiger partial charge on any atom is 0.155 e. The number of hydrogen-bond donors (Lipinski definition) is 1. The van der Waals surface area contributed by atoms with E-state index in [0.717, 1.165) is 24.2 Å². The van der Waals surface area contributed by atoms with Gasteiger partial charge in [0.25, 0.3) is 0 Å². The Morgan fingerprint density at radius 2 is 2.14 bits per heavy atom. The van der Waals surface area contributed by atoms with Gasteiger partial charge in [0.1, 0.15) is 11.3 Å². The van der Waals surface area contributed by atoms with E-state index in [-0.39, 0.29) is 0 Å². The predicted molar refractivity (Wildman–Crippen MR) is 87.2 cm³/mol. The van der Waals surface area contributed by atoms with Crippen LogP contribution in [-0.2, 0) is 0 Å². The minimum Gasteiger partial charge on any atom is -0.485 e. The minimum atomic E-state index is -0.995. The SMILES string of the molecule is CCCC1(C(Oc2cccc(C)c2)C(C)(C)O)C=CC=N1. The first-order valence-electron chi connectivity index (χ1n) is 7.56. The molecule has 0 radical (unpaired) electrons. The summed E-state index contributed by atoms with van der Waals surface area (Å²) in [6.07, 6.45) is 7.19. The molecule has 1 aromatic rings. The van der Waals surface area contributed by atoms with Crippen molar-refractivity contribution in [3.8, 4) is 5.75 Å². The predicted octanol–water partition coefficient (Wildman–Crippen LogP) is 3.69. The van der Waals surface area contributed by atoms with Gasteiger partial charge >= 0.3 is 0 Å². The molecule has 1 aliphatic rings. The fourth-order valence-electron chi connectivity index (χ4n) is 2.95. The molecule has 0 amide bonds. The summed E-state index contributed by atoms with van der Waals surface area (Å²) in [5.74, 6) is 0.771. The summed E-state index contributed by atoms with van der Waals surface area (Å²) in [5.41, 5.74) is -0.348. The van der Waals surface area contributed by atoms with Crippen LogP contribution in [0.3, 0.4) is 0 Å². The Bertz CT molecular complexity index is 528. The molecule has 1 heterocycles. The van der Waals surface area contributed by atoms with Gasteiger partial charge in [-0.05, 0) is 51.0 Å². The van der Waals surface area contributed by atoms with Crippen molar-refractivity contribution in [3.63, 3.8) is 0 Å². The maximum atomic E-state index is 10.6. The smallest absolute Gasteiger partial charge is 0.155 e. The molecular weight excluding hydrogens is 262 g/mol. The van der Waals surface area contributed by atoms with Gasteiger partial charge in [0.15, 0.2) is 6.10 Å². The molecule has 3 nitrogen and oxygen atoms in total. The Hall–Kier alpha value is -1.61. The van der Waals surface area contributed by atoms with Gasteiger partial charge in [-0.15, -0.1) is 0 Å². The van der Waals surface area contributed by atoms with Crippen LogP contribution in [0.15, 0.2) is 41.4 Å². The molecule has 0 bridgehead atoms. The van der Waals surface area contributed by atoms with Crippen molar-refractivity contribution in [3.05, 3.63) is 42.0 Å². The summed E-state index contributed by atoms with van der Waals surface area (Å²) in [6.45, 7) is 7.72. The number of rotatable bonds is 6. The first-order valence-corrected chi connectivity index (χ1v) is 7.56. The van der Waals surface area contributed by atoms with Crippen molar-refractivity contribution in [2.45, 2.75) is 57.8 Å². The van der Waals surface area contributed by atoms with Crippen molar-refractivity contribution >= 4 is 6.21 Å². The Kier molecular flexibility index (Phi) is 4.52. The second-order valence-corrected chi connectivity index (χ2v) is 6.35. The molecule has 0 fully saturated rings. The zero-order valence-electron chi connectivity index (χ0n) is 13.3. The lowest BCUT2D eigenvalue weighted by Crippen LogP contribution is -2.54. The summed E-state index contributed by atoms with van der Waals surface area (Å²) < 4.78 is 6.18. The van der Waals surface area contributed by atoms with Crippen molar-refractivity contribution in [1.82, 2.24) is 0 Å². The lowest BCUT2D eigenvalue weighted by atomic mass is 9.80. The number of hydrogen-bond acceptors (Lipinski definition) is 3. The molecule has 1 aliphatic heterocycles. The van der Waals surface area contributed by atoms with Crippen LogP contribution < -0.4 is 4.74 Å². The Balaban J connectivity index is 2.35. The molecule has 0 aliphatic carbocycles. The average molecular weight is 287 g/mol. The average Bonchev–Trinajstić information content (AvgIpc) is 2.84. The van der Waals surface area contributed by atoms with Crippen molar-refractivity contribution in [2.75, 3.05) is 0 Å². The summed E-state index contributed by atoms with van der Waals surface area (Å²) in [7, 11) is 0.